The first-order chi connectivity index (χ1) is 12.3. The van der Waals surface area contributed by atoms with Crippen molar-refractivity contribution in [2.45, 2.75) is 64.6 Å². The zero-order valence-electron chi connectivity index (χ0n) is 16.7. The van der Waals surface area contributed by atoms with Crippen LogP contribution < -0.4 is 14.9 Å². The van der Waals surface area contributed by atoms with Crippen LogP contribution in [0.1, 0.15) is 53.4 Å². The molecular weight excluding hydrogens is 327 g/mol. The van der Waals surface area contributed by atoms with E-state index in [-0.39, 0.29) is 11.2 Å². The van der Waals surface area contributed by atoms with Gasteiger partial charge < -0.3 is 18.8 Å². The lowest BCUT2D eigenvalue weighted by atomic mass is 9.78. The van der Waals surface area contributed by atoms with E-state index in [2.05, 4.69) is 27.7 Å². The number of ether oxygens (including phenoxy) is 2. The maximum absolute atomic E-state index is 6.31. The molecule has 1 aliphatic heterocycles. The molecule has 1 heterocycles. The molecule has 3 unspecified atom stereocenters. The van der Waals surface area contributed by atoms with Gasteiger partial charge in [-0.2, -0.15) is 0 Å². The molecular formula is C21H31BO4. The largest absolute Gasteiger partial charge is 0.498 e. The molecule has 2 bridgehead atoms. The Bertz CT molecular complexity index is 656. The van der Waals surface area contributed by atoms with Crippen LogP contribution in [0.4, 0.5) is 0 Å². The lowest BCUT2D eigenvalue weighted by Gasteiger charge is -2.32. The molecule has 1 aromatic carbocycles. The minimum Gasteiger partial charge on any atom is -0.497 e. The van der Waals surface area contributed by atoms with Gasteiger partial charge in [-0.15, -0.1) is 0 Å². The molecule has 1 saturated heterocycles. The van der Waals surface area contributed by atoms with E-state index in [4.69, 9.17) is 18.8 Å². The summed E-state index contributed by atoms with van der Waals surface area (Å²) in [7, 11) is 1.24. The van der Waals surface area contributed by atoms with Gasteiger partial charge in [-0.1, -0.05) is 6.42 Å². The first-order valence-corrected chi connectivity index (χ1v) is 9.95. The Balaban J connectivity index is 1.53. The fourth-order valence-electron chi connectivity index (χ4n) is 4.72. The van der Waals surface area contributed by atoms with Crippen LogP contribution in [0.15, 0.2) is 18.2 Å². The van der Waals surface area contributed by atoms with Gasteiger partial charge in [0.15, 0.2) is 0 Å². The molecule has 4 rings (SSSR count). The lowest BCUT2D eigenvalue weighted by molar-refractivity contribution is 0.00578. The molecule has 0 amide bonds. The third kappa shape index (κ3) is 3.14. The molecule has 3 aliphatic rings. The Labute approximate surface area is 157 Å². The van der Waals surface area contributed by atoms with Crippen molar-refractivity contribution in [2.75, 3.05) is 13.7 Å². The zero-order chi connectivity index (χ0) is 18.5. The highest BCUT2D eigenvalue weighted by Crippen LogP contribution is 2.48. The van der Waals surface area contributed by atoms with E-state index in [1.807, 2.05) is 18.2 Å². The molecule has 0 spiro atoms. The van der Waals surface area contributed by atoms with E-state index in [9.17, 15) is 0 Å². The predicted octanol–water partition coefficient (Wildman–Crippen LogP) is 3.81. The fraction of sp³-hybridized carbons (Fsp3) is 0.714. The average molecular weight is 358 g/mol. The first-order valence-electron chi connectivity index (χ1n) is 9.95. The van der Waals surface area contributed by atoms with E-state index < -0.39 is 7.12 Å². The van der Waals surface area contributed by atoms with Crippen molar-refractivity contribution in [3.8, 4) is 11.5 Å². The summed E-state index contributed by atoms with van der Waals surface area (Å²) >= 11 is 0. The summed E-state index contributed by atoms with van der Waals surface area (Å²) < 4.78 is 24.2. The second-order valence-corrected chi connectivity index (χ2v) is 9.24. The second kappa shape index (κ2) is 6.45. The zero-order valence-corrected chi connectivity index (χ0v) is 16.7. The molecule has 3 fully saturated rings. The topological polar surface area (TPSA) is 36.9 Å². The summed E-state index contributed by atoms with van der Waals surface area (Å²) in [6, 6.07) is 5.93. The third-order valence-electron chi connectivity index (χ3n) is 7.06. The van der Waals surface area contributed by atoms with Crippen molar-refractivity contribution in [3.05, 3.63) is 18.2 Å². The van der Waals surface area contributed by atoms with Gasteiger partial charge in [0.1, 0.15) is 11.5 Å². The van der Waals surface area contributed by atoms with Crippen molar-refractivity contribution in [1.29, 1.82) is 0 Å². The number of benzene rings is 1. The van der Waals surface area contributed by atoms with Crippen LogP contribution in [0.5, 0.6) is 11.5 Å². The minimum absolute atomic E-state index is 0.372. The van der Waals surface area contributed by atoms with E-state index in [1.165, 1.54) is 25.7 Å². The first kappa shape index (κ1) is 18.2. The van der Waals surface area contributed by atoms with Crippen molar-refractivity contribution >= 4 is 12.6 Å². The highest BCUT2D eigenvalue weighted by atomic mass is 16.7. The predicted molar refractivity (Wildman–Crippen MR) is 103 cm³/mol. The maximum Gasteiger partial charge on any atom is 0.498 e. The van der Waals surface area contributed by atoms with Gasteiger partial charge in [-0.3, -0.25) is 0 Å². The third-order valence-corrected chi connectivity index (χ3v) is 7.06. The molecule has 4 nitrogen and oxygen atoms in total. The highest BCUT2D eigenvalue weighted by molar-refractivity contribution is 6.63. The molecule has 3 atom stereocenters. The molecule has 0 radical (unpaired) electrons. The summed E-state index contributed by atoms with van der Waals surface area (Å²) in [6.07, 6.45) is 5.53. The molecule has 142 valence electrons. The van der Waals surface area contributed by atoms with Gasteiger partial charge in [0, 0.05) is 5.46 Å². The van der Waals surface area contributed by atoms with Gasteiger partial charge >= 0.3 is 7.12 Å². The Morgan fingerprint density at radius 2 is 1.81 bits per heavy atom. The van der Waals surface area contributed by atoms with Gasteiger partial charge in [0.05, 0.1) is 24.9 Å². The Kier molecular flexibility index (Phi) is 4.51. The Morgan fingerprint density at radius 1 is 1.08 bits per heavy atom. The lowest BCUT2D eigenvalue weighted by Crippen LogP contribution is -2.41. The number of hydrogen-bond donors (Lipinski definition) is 0. The number of methoxy groups -OCH3 is 1. The normalized spacial score (nSPS) is 31.4. The molecule has 0 N–H and O–H groups in total. The fourth-order valence-corrected chi connectivity index (χ4v) is 4.72. The second-order valence-electron chi connectivity index (χ2n) is 9.24. The van der Waals surface area contributed by atoms with Crippen molar-refractivity contribution in [2.24, 2.45) is 17.8 Å². The van der Waals surface area contributed by atoms with Gasteiger partial charge in [-0.05, 0) is 82.9 Å². The van der Waals surface area contributed by atoms with E-state index in [0.29, 0.717) is 5.92 Å². The van der Waals surface area contributed by atoms with Crippen molar-refractivity contribution < 1.29 is 18.8 Å². The summed E-state index contributed by atoms with van der Waals surface area (Å²) in [6.45, 7) is 9.08. The molecule has 2 aliphatic carbocycles. The van der Waals surface area contributed by atoms with Crippen LogP contribution in [-0.4, -0.2) is 32.0 Å². The van der Waals surface area contributed by atoms with Gasteiger partial charge in [0.2, 0.25) is 0 Å². The SMILES string of the molecule is COc1ccc(OCC2CC3CCC2C3)c(B2OC(C)(C)C(C)(C)O2)c1. The average Bonchev–Trinajstić information content (AvgIpc) is 3.26. The Morgan fingerprint density at radius 3 is 2.38 bits per heavy atom. The van der Waals surface area contributed by atoms with Crippen LogP contribution in [0.2, 0.25) is 0 Å². The van der Waals surface area contributed by atoms with E-state index in [0.717, 1.165) is 35.4 Å². The number of fused-ring (bicyclic) bond motifs is 2. The summed E-state index contributed by atoms with van der Waals surface area (Å²) in [4.78, 5) is 0. The molecule has 2 saturated carbocycles. The summed E-state index contributed by atoms with van der Waals surface area (Å²) in [5.41, 5.74) is 0.178. The van der Waals surface area contributed by atoms with Crippen LogP contribution in [0.3, 0.4) is 0 Å². The van der Waals surface area contributed by atoms with Crippen LogP contribution in [0, 0.1) is 17.8 Å². The maximum atomic E-state index is 6.31. The van der Waals surface area contributed by atoms with E-state index >= 15 is 0 Å². The van der Waals surface area contributed by atoms with E-state index in [1.54, 1.807) is 7.11 Å². The highest BCUT2D eigenvalue weighted by Gasteiger charge is 2.52. The minimum atomic E-state index is -0.440. The van der Waals surface area contributed by atoms with Gasteiger partial charge in [0.25, 0.3) is 0 Å². The molecule has 0 aromatic heterocycles. The number of hydrogen-bond acceptors (Lipinski definition) is 4. The van der Waals surface area contributed by atoms with Crippen LogP contribution in [-0.2, 0) is 9.31 Å². The standard InChI is InChI=1S/C21H31BO4/c1-20(2)21(3,4)26-22(25-20)18-12-17(23-5)8-9-19(18)24-13-16-11-14-6-7-15(16)10-14/h8-9,12,14-16H,6-7,10-11,13H2,1-5H3. The monoisotopic (exact) mass is 358 g/mol. The van der Waals surface area contributed by atoms with Crippen molar-refractivity contribution in [3.63, 3.8) is 0 Å². The summed E-state index contributed by atoms with van der Waals surface area (Å²) in [5, 5.41) is 0. The smallest absolute Gasteiger partial charge is 0.497 e. The van der Waals surface area contributed by atoms with Gasteiger partial charge in [-0.25, -0.2) is 0 Å². The Hall–Kier alpha value is -1.20. The number of rotatable bonds is 5. The van der Waals surface area contributed by atoms with Crippen LogP contribution >= 0.6 is 0 Å². The molecule has 1 aromatic rings. The molecule has 5 heteroatoms. The molecule has 26 heavy (non-hydrogen) atoms. The van der Waals surface area contributed by atoms with Crippen LogP contribution in [0.25, 0.3) is 0 Å². The van der Waals surface area contributed by atoms with Crippen molar-refractivity contribution in [1.82, 2.24) is 0 Å². The quantitative estimate of drug-likeness (QED) is 0.750. The summed E-state index contributed by atoms with van der Waals surface area (Å²) in [5.74, 6) is 4.14.